The number of hydrogen-bond donors (Lipinski definition) is 2. The highest BCUT2D eigenvalue weighted by Gasteiger charge is 2.30. The van der Waals surface area contributed by atoms with Crippen LogP contribution in [0.15, 0.2) is 0 Å². The smallest absolute Gasteiger partial charge is 0.324 e. The van der Waals surface area contributed by atoms with Gasteiger partial charge in [0.15, 0.2) is 0 Å². The number of rotatable bonds is 2. The summed E-state index contributed by atoms with van der Waals surface area (Å²) in [5.41, 5.74) is 5.12. The van der Waals surface area contributed by atoms with Gasteiger partial charge in [-0.3, -0.25) is 14.9 Å². The summed E-state index contributed by atoms with van der Waals surface area (Å²) < 4.78 is 0. The molecule has 3 N–H and O–H groups in total. The minimum atomic E-state index is -0.765. The highest BCUT2D eigenvalue weighted by molar-refractivity contribution is 6.31. The number of nitrogens with zero attached hydrogens (tertiary/aromatic N) is 1. The molecule has 90 valence electrons. The number of urea groups is 1. The summed E-state index contributed by atoms with van der Waals surface area (Å²) >= 11 is 5.50. The number of nitrogens with one attached hydrogen (secondary N) is 1. The van der Waals surface area contributed by atoms with Crippen LogP contribution in [0.1, 0.15) is 13.3 Å². The Morgan fingerprint density at radius 3 is 2.56 bits per heavy atom. The molecule has 1 aliphatic heterocycles. The third-order valence-electron chi connectivity index (χ3n) is 2.47. The first-order chi connectivity index (χ1) is 7.41. The summed E-state index contributed by atoms with van der Waals surface area (Å²) in [6, 6.07) is -0.527. The molecule has 2 unspecified atom stereocenters. The predicted octanol–water partition coefficient (Wildman–Crippen LogP) is -0.343. The zero-order valence-corrected chi connectivity index (χ0v) is 9.66. The lowest BCUT2D eigenvalue weighted by Gasteiger charge is -2.16. The maximum atomic E-state index is 11.5. The maximum absolute atomic E-state index is 11.5. The minimum Gasteiger partial charge on any atom is -0.369 e. The zero-order chi connectivity index (χ0) is 12.3. The largest absolute Gasteiger partial charge is 0.369 e. The third kappa shape index (κ3) is 3.10. The van der Waals surface area contributed by atoms with E-state index < -0.39 is 23.2 Å². The fraction of sp³-hybridized carbons (Fsp3) is 0.667. The second-order valence-electron chi connectivity index (χ2n) is 3.74. The Morgan fingerprint density at radius 1 is 1.50 bits per heavy atom. The first-order valence-electron chi connectivity index (χ1n) is 4.95. The summed E-state index contributed by atoms with van der Waals surface area (Å²) in [5, 5.41) is 1.38. The van der Waals surface area contributed by atoms with E-state index in [2.05, 4.69) is 5.32 Å². The molecule has 4 amide bonds. The number of primary amides is 1. The van der Waals surface area contributed by atoms with Gasteiger partial charge in [-0.05, 0) is 13.3 Å². The number of amides is 4. The lowest BCUT2D eigenvalue weighted by molar-refractivity contribution is -0.121. The van der Waals surface area contributed by atoms with E-state index in [1.165, 1.54) is 11.8 Å². The van der Waals surface area contributed by atoms with Crippen molar-refractivity contribution in [2.45, 2.75) is 18.7 Å². The molecule has 16 heavy (non-hydrogen) atoms. The summed E-state index contributed by atoms with van der Waals surface area (Å²) in [6.45, 7) is 2.15. The first-order valence-corrected chi connectivity index (χ1v) is 5.38. The van der Waals surface area contributed by atoms with Crippen LogP contribution in [0.3, 0.4) is 0 Å². The number of imide groups is 1. The molecule has 0 saturated carbocycles. The van der Waals surface area contributed by atoms with E-state index in [1.807, 2.05) is 0 Å². The molecule has 0 aliphatic carbocycles. The van der Waals surface area contributed by atoms with Crippen molar-refractivity contribution in [1.29, 1.82) is 0 Å². The Morgan fingerprint density at radius 2 is 2.12 bits per heavy atom. The van der Waals surface area contributed by atoms with Gasteiger partial charge >= 0.3 is 6.03 Å². The average Bonchev–Trinajstić information content (AvgIpc) is 2.65. The number of carbonyl (C=O) groups is 3. The number of carbonyl (C=O) groups excluding carboxylic acids is 3. The summed E-state index contributed by atoms with van der Waals surface area (Å²) in [6.07, 6.45) is 0.535. The van der Waals surface area contributed by atoms with Crippen LogP contribution in [0.25, 0.3) is 0 Å². The minimum absolute atomic E-state index is 0.255. The zero-order valence-electron chi connectivity index (χ0n) is 8.90. The lowest BCUT2D eigenvalue weighted by Crippen LogP contribution is -2.44. The van der Waals surface area contributed by atoms with Crippen LogP contribution in [-0.2, 0) is 9.59 Å². The van der Waals surface area contributed by atoms with E-state index in [0.717, 1.165) is 0 Å². The second kappa shape index (κ2) is 5.16. The van der Waals surface area contributed by atoms with Crippen LogP contribution in [0.4, 0.5) is 4.79 Å². The molecule has 7 heteroatoms. The first kappa shape index (κ1) is 12.8. The number of likely N-dealkylation sites (tertiary alicyclic amines) is 1. The third-order valence-corrected chi connectivity index (χ3v) is 2.67. The maximum Gasteiger partial charge on any atom is 0.324 e. The van der Waals surface area contributed by atoms with Gasteiger partial charge < -0.3 is 10.6 Å². The number of hydrogen-bond acceptors (Lipinski definition) is 3. The van der Waals surface area contributed by atoms with Gasteiger partial charge in [-0.1, -0.05) is 0 Å². The molecule has 0 aromatic carbocycles. The molecule has 0 bridgehead atoms. The summed E-state index contributed by atoms with van der Waals surface area (Å²) in [5.74, 6) is -1.30. The molecule has 0 aromatic heterocycles. The van der Waals surface area contributed by atoms with E-state index in [9.17, 15) is 14.4 Å². The van der Waals surface area contributed by atoms with E-state index >= 15 is 0 Å². The van der Waals surface area contributed by atoms with Crippen molar-refractivity contribution in [3.63, 3.8) is 0 Å². The Labute approximate surface area is 98.1 Å². The normalized spacial score (nSPS) is 21.6. The number of nitrogens with two attached hydrogens (primary N) is 1. The number of alkyl halides is 1. The summed E-state index contributed by atoms with van der Waals surface area (Å²) in [7, 11) is 0. The topological polar surface area (TPSA) is 92.5 Å². The molecule has 1 aliphatic rings. The Kier molecular flexibility index (Phi) is 4.12. The van der Waals surface area contributed by atoms with Gasteiger partial charge in [0, 0.05) is 13.1 Å². The van der Waals surface area contributed by atoms with Crippen LogP contribution in [0, 0.1) is 5.92 Å². The van der Waals surface area contributed by atoms with Crippen molar-refractivity contribution in [1.82, 2.24) is 10.2 Å². The molecular weight excluding hydrogens is 234 g/mol. The van der Waals surface area contributed by atoms with Gasteiger partial charge in [-0.15, -0.1) is 11.6 Å². The molecule has 6 nitrogen and oxygen atoms in total. The Bertz CT molecular complexity index is 319. The van der Waals surface area contributed by atoms with Gasteiger partial charge in [-0.25, -0.2) is 4.79 Å². The van der Waals surface area contributed by atoms with Crippen molar-refractivity contribution in [2.75, 3.05) is 13.1 Å². The number of halogens is 1. The van der Waals surface area contributed by atoms with Crippen LogP contribution >= 0.6 is 11.6 Å². The lowest BCUT2D eigenvalue weighted by atomic mass is 10.1. The van der Waals surface area contributed by atoms with Crippen LogP contribution in [0.5, 0.6) is 0 Å². The monoisotopic (exact) mass is 247 g/mol. The highest BCUT2D eigenvalue weighted by Crippen LogP contribution is 2.15. The Balaban J connectivity index is 2.45. The van der Waals surface area contributed by atoms with Crippen LogP contribution in [-0.4, -0.2) is 41.2 Å². The highest BCUT2D eigenvalue weighted by atomic mass is 35.5. The van der Waals surface area contributed by atoms with E-state index in [0.29, 0.717) is 13.0 Å². The van der Waals surface area contributed by atoms with Gasteiger partial charge in [-0.2, -0.15) is 0 Å². The molecule has 1 fully saturated rings. The molecule has 1 heterocycles. The van der Waals surface area contributed by atoms with Crippen molar-refractivity contribution in [2.24, 2.45) is 11.7 Å². The van der Waals surface area contributed by atoms with Crippen molar-refractivity contribution in [3.8, 4) is 0 Å². The Hall–Kier alpha value is -1.30. The second-order valence-corrected chi connectivity index (χ2v) is 4.40. The van der Waals surface area contributed by atoms with Crippen molar-refractivity contribution in [3.05, 3.63) is 0 Å². The predicted molar refractivity (Wildman–Crippen MR) is 57.7 cm³/mol. The van der Waals surface area contributed by atoms with Crippen LogP contribution in [0.2, 0.25) is 0 Å². The quantitative estimate of drug-likeness (QED) is 0.654. The summed E-state index contributed by atoms with van der Waals surface area (Å²) in [4.78, 5) is 34.9. The molecule has 1 saturated heterocycles. The van der Waals surface area contributed by atoms with E-state index in [1.54, 1.807) is 0 Å². The standard InChI is InChI=1S/C9H14ClN3O3/c1-5(10)8(15)12-9(16)13-3-2-6(4-13)7(11)14/h5-6H,2-4H2,1H3,(H2,11,14)(H,12,15,16). The molecule has 0 radical (unpaired) electrons. The fourth-order valence-electron chi connectivity index (χ4n) is 1.46. The van der Waals surface area contributed by atoms with Crippen molar-refractivity contribution < 1.29 is 14.4 Å². The van der Waals surface area contributed by atoms with Gasteiger partial charge in [0.25, 0.3) is 0 Å². The van der Waals surface area contributed by atoms with Gasteiger partial charge in [0.1, 0.15) is 5.38 Å². The average molecular weight is 248 g/mol. The van der Waals surface area contributed by atoms with E-state index in [-0.39, 0.29) is 12.5 Å². The molecular formula is C9H14ClN3O3. The SMILES string of the molecule is CC(Cl)C(=O)NC(=O)N1CCC(C(N)=O)C1. The van der Waals surface area contributed by atoms with Gasteiger partial charge in [0.05, 0.1) is 5.92 Å². The van der Waals surface area contributed by atoms with Gasteiger partial charge in [0.2, 0.25) is 11.8 Å². The van der Waals surface area contributed by atoms with Crippen molar-refractivity contribution >= 4 is 29.4 Å². The molecule has 0 aromatic rings. The fourth-order valence-corrected chi connectivity index (χ4v) is 1.52. The van der Waals surface area contributed by atoms with E-state index in [4.69, 9.17) is 17.3 Å². The molecule has 2 atom stereocenters. The molecule has 0 spiro atoms. The van der Waals surface area contributed by atoms with Crippen LogP contribution < -0.4 is 11.1 Å². The molecule has 1 rings (SSSR count).